The van der Waals surface area contributed by atoms with Crippen molar-refractivity contribution in [2.45, 2.75) is 50.3 Å². The lowest BCUT2D eigenvalue weighted by Crippen LogP contribution is -2.42. The molecule has 4 rings (SSSR count). The van der Waals surface area contributed by atoms with Gasteiger partial charge in [0.1, 0.15) is 0 Å². The lowest BCUT2D eigenvalue weighted by atomic mass is 9.83. The molecule has 1 saturated carbocycles. The molecule has 0 aromatic heterocycles. The second-order valence-corrected chi connectivity index (χ2v) is 8.60. The maximum absolute atomic E-state index is 14.9. The summed E-state index contributed by atoms with van der Waals surface area (Å²) in [4.78, 5) is 0. The molecular formula is C26H19F9O. The van der Waals surface area contributed by atoms with E-state index in [4.69, 9.17) is 0 Å². The zero-order valence-corrected chi connectivity index (χ0v) is 18.5. The van der Waals surface area contributed by atoms with Gasteiger partial charge in [0.25, 0.3) is 0 Å². The standard InChI is InChI=1S/C26H19F9O/c27-21-17(14-4-2-1-3-5-14)10-11-18(22(21)28)15-6-8-16(9-7-15)19-12-13-20(24(30)23(19)29)36-26(34,35)25(31,32)33/h6-14H,1-5H2. The minimum absolute atomic E-state index is 0.0176. The van der Waals surface area contributed by atoms with Crippen LogP contribution in [0.2, 0.25) is 0 Å². The summed E-state index contributed by atoms with van der Waals surface area (Å²) in [5.74, 6) is -7.38. The molecule has 1 nitrogen and oxygen atoms in total. The van der Waals surface area contributed by atoms with E-state index in [9.17, 15) is 39.5 Å². The third-order valence-electron chi connectivity index (χ3n) is 6.28. The lowest BCUT2D eigenvalue weighted by Gasteiger charge is -2.23. The van der Waals surface area contributed by atoms with E-state index in [1.165, 1.54) is 30.3 Å². The van der Waals surface area contributed by atoms with E-state index >= 15 is 0 Å². The smallest absolute Gasteiger partial charge is 0.423 e. The largest absolute Gasteiger partial charge is 0.499 e. The second-order valence-electron chi connectivity index (χ2n) is 8.60. The average molecular weight is 518 g/mol. The van der Waals surface area contributed by atoms with Gasteiger partial charge in [-0.05, 0) is 47.6 Å². The highest BCUT2D eigenvalue weighted by Gasteiger charge is 2.61. The Hall–Kier alpha value is -3.17. The highest BCUT2D eigenvalue weighted by Crippen LogP contribution is 2.40. The van der Waals surface area contributed by atoms with Gasteiger partial charge in [0.2, 0.25) is 5.82 Å². The van der Waals surface area contributed by atoms with Gasteiger partial charge in [-0.15, -0.1) is 0 Å². The zero-order valence-electron chi connectivity index (χ0n) is 18.5. The van der Waals surface area contributed by atoms with Crippen molar-refractivity contribution in [2.24, 2.45) is 0 Å². The Kier molecular flexibility index (Phi) is 6.99. The molecule has 0 bridgehead atoms. The SMILES string of the molecule is Fc1c(OC(F)(F)C(F)(F)F)ccc(-c2ccc(-c3ccc(C4CCCCC4)c(F)c3F)cc2)c1F. The Labute approximate surface area is 200 Å². The molecular weight excluding hydrogens is 499 g/mol. The topological polar surface area (TPSA) is 9.23 Å². The predicted molar refractivity (Wildman–Crippen MR) is 115 cm³/mol. The second kappa shape index (κ2) is 9.71. The first-order valence-electron chi connectivity index (χ1n) is 11.1. The molecule has 192 valence electrons. The summed E-state index contributed by atoms with van der Waals surface area (Å²) in [7, 11) is 0. The van der Waals surface area contributed by atoms with Gasteiger partial charge < -0.3 is 4.74 Å². The average Bonchev–Trinajstić information content (AvgIpc) is 2.84. The van der Waals surface area contributed by atoms with Crippen LogP contribution in [0, 0.1) is 23.3 Å². The van der Waals surface area contributed by atoms with E-state index in [1.54, 1.807) is 6.07 Å². The van der Waals surface area contributed by atoms with Crippen molar-refractivity contribution in [2.75, 3.05) is 0 Å². The molecule has 3 aromatic carbocycles. The quantitative estimate of drug-likeness (QED) is 0.306. The molecule has 0 N–H and O–H groups in total. The lowest BCUT2D eigenvalue weighted by molar-refractivity contribution is -0.361. The number of alkyl halides is 5. The van der Waals surface area contributed by atoms with Crippen molar-refractivity contribution in [3.63, 3.8) is 0 Å². The van der Waals surface area contributed by atoms with E-state index in [0.29, 0.717) is 11.6 Å². The van der Waals surface area contributed by atoms with Crippen LogP contribution in [0.1, 0.15) is 43.6 Å². The first-order valence-corrected chi connectivity index (χ1v) is 11.1. The third-order valence-corrected chi connectivity index (χ3v) is 6.28. The number of benzene rings is 3. The fourth-order valence-electron chi connectivity index (χ4n) is 4.38. The van der Waals surface area contributed by atoms with E-state index in [1.807, 2.05) is 0 Å². The fourth-order valence-corrected chi connectivity index (χ4v) is 4.38. The molecule has 0 spiro atoms. The molecule has 1 aliphatic rings. The van der Waals surface area contributed by atoms with Crippen LogP contribution in [0.15, 0.2) is 48.5 Å². The molecule has 0 saturated heterocycles. The molecule has 3 aromatic rings. The summed E-state index contributed by atoms with van der Waals surface area (Å²) < 4.78 is 125. The summed E-state index contributed by atoms with van der Waals surface area (Å²) in [6, 6.07) is 9.37. The Morgan fingerprint density at radius 1 is 0.583 bits per heavy atom. The van der Waals surface area contributed by atoms with Crippen molar-refractivity contribution in [3.8, 4) is 28.0 Å². The summed E-state index contributed by atoms with van der Waals surface area (Å²) in [6.07, 6.45) is -7.34. The number of ether oxygens (including phenoxy) is 1. The normalized spacial score (nSPS) is 15.2. The van der Waals surface area contributed by atoms with Gasteiger partial charge in [0.05, 0.1) is 0 Å². The van der Waals surface area contributed by atoms with Gasteiger partial charge in [-0.2, -0.15) is 26.3 Å². The van der Waals surface area contributed by atoms with E-state index in [2.05, 4.69) is 4.74 Å². The third kappa shape index (κ3) is 4.90. The molecule has 0 heterocycles. The summed E-state index contributed by atoms with van der Waals surface area (Å²) in [5, 5.41) is 0. The van der Waals surface area contributed by atoms with Gasteiger partial charge >= 0.3 is 12.3 Å². The minimum Gasteiger partial charge on any atom is -0.423 e. The highest BCUT2D eigenvalue weighted by molar-refractivity contribution is 5.72. The molecule has 10 heteroatoms. The first kappa shape index (κ1) is 25.9. The van der Waals surface area contributed by atoms with Crippen molar-refractivity contribution in [1.82, 2.24) is 0 Å². The molecule has 36 heavy (non-hydrogen) atoms. The Morgan fingerprint density at radius 3 is 1.61 bits per heavy atom. The van der Waals surface area contributed by atoms with Crippen LogP contribution in [0.5, 0.6) is 5.75 Å². The number of hydrogen-bond acceptors (Lipinski definition) is 1. The monoisotopic (exact) mass is 518 g/mol. The van der Waals surface area contributed by atoms with Gasteiger partial charge in [0.15, 0.2) is 23.2 Å². The molecule has 1 fully saturated rings. The Bertz CT molecular complexity index is 1240. The van der Waals surface area contributed by atoms with Gasteiger partial charge in [0, 0.05) is 11.1 Å². The predicted octanol–water partition coefficient (Wildman–Crippen LogP) is 9.16. The van der Waals surface area contributed by atoms with Crippen LogP contribution in [0.3, 0.4) is 0 Å². The van der Waals surface area contributed by atoms with Gasteiger partial charge in [-0.1, -0.05) is 55.7 Å². The fraction of sp³-hybridized carbons (Fsp3) is 0.308. The Balaban J connectivity index is 1.60. The number of halogens is 9. The molecule has 1 aliphatic carbocycles. The van der Waals surface area contributed by atoms with Crippen LogP contribution in [-0.4, -0.2) is 12.3 Å². The first-order chi connectivity index (χ1) is 16.9. The van der Waals surface area contributed by atoms with Gasteiger partial charge in [-0.3, -0.25) is 0 Å². The minimum atomic E-state index is -6.13. The van der Waals surface area contributed by atoms with Crippen LogP contribution < -0.4 is 4.74 Å². The molecule has 0 atom stereocenters. The van der Waals surface area contributed by atoms with E-state index in [-0.39, 0.29) is 22.6 Å². The van der Waals surface area contributed by atoms with Crippen LogP contribution in [0.4, 0.5) is 39.5 Å². The molecule has 0 amide bonds. The van der Waals surface area contributed by atoms with E-state index < -0.39 is 46.9 Å². The van der Waals surface area contributed by atoms with Crippen LogP contribution in [0.25, 0.3) is 22.3 Å². The summed E-state index contributed by atoms with van der Waals surface area (Å²) in [5.41, 5.74) is 0.0907. The van der Waals surface area contributed by atoms with Crippen LogP contribution in [-0.2, 0) is 0 Å². The van der Waals surface area contributed by atoms with E-state index in [0.717, 1.165) is 38.2 Å². The summed E-state index contributed by atoms with van der Waals surface area (Å²) in [6.45, 7) is 0. The van der Waals surface area contributed by atoms with Crippen LogP contribution >= 0.6 is 0 Å². The van der Waals surface area contributed by atoms with Crippen molar-refractivity contribution < 1.29 is 44.3 Å². The molecule has 0 radical (unpaired) electrons. The summed E-state index contributed by atoms with van der Waals surface area (Å²) >= 11 is 0. The maximum atomic E-state index is 14.9. The molecule has 0 unspecified atom stereocenters. The van der Waals surface area contributed by atoms with Gasteiger partial charge in [-0.25, -0.2) is 13.2 Å². The van der Waals surface area contributed by atoms with Crippen molar-refractivity contribution in [1.29, 1.82) is 0 Å². The maximum Gasteiger partial charge on any atom is 0.499 e. The Morgan fingerprint density at radius 2 is 1.08 bits per heavy atom. The highest BCUT2D eigenvalue weighted by atomic mass is 19.4. The van der Waals surface area contributed by atoms with Crippen molar-refractivity contribution in [3.05, 3.63) is 77.4 Å². The number of hydrogen-bond donors (Lipinski definition) is 0. The van der Waals surface area contributed by atoms with Crippen molar-refractivity contribution >= 4 is 0 Å². The molecule has 0 aliphatic heterocycles. The zero-order chi connectivity index (χ0) is 26.3. The number of rotatable bonds is 5.